The average molecular weight is 373 g/mol. The monoisotopic (exact) mass is 373 g/mol. The van der Waals surface area contributed by atoms with E-state index in [2.05, 4.69) is 19.2 Å². The zero-order valence-corrected chi connectivity index (χ0v) is 14.7. The van der Waals surface area contributed by atoms with Gasteiger partial charge in [-0.3, -0.25) is 4.79 Å². The molecule has 2 aliphatic heterocycles. The highest BCUT2D eigenvalue weighted by Gasteiger charge is 2.40. The number of phenolic OH excluding ortho intramolecular Hbond substituents is 1. The van der Waals surface area contributed by atoms with Crippen molar-refractivity contribution >= 4 is 21.8 Å². The molecule has 1 saturated heterocycles. The molecule has 25 heavy (non-hydrogen) atoms. The molecule has 0 saturated carbocycles. The zero-order valence-electron chi connectivity index (χ0n) is 13.9. The summed E-state index contributed by atoms with van der Waals surface area (Å²) in [6, 6.07) is 1.19. The molecule has 1 atom stereocenters. The Kier molecular flexibility index (Phi) is 4.50. The first-order chi connectivity index (χ1) is 11.7. The minimum Gasteiger partial charge on any atom is -0.505 e. The summed E-state index contributed by atoms with van der Waals surface area (Å²) in [7, 11) is -4.21. The lowest BCUT2D eigenvalue weighted by Gasteiger charge is -2.18. The van der Waals surface area contributed by atoms with E-state index in [0.717, 1.165) is 6.54 Å². The first-order valence-electron chi connectivity index (χ1n) is 7.94. The maximum Gasteiger partial charge on any atom is 0.326 e. The van der Waals surface area contributed by atoms with E-state index in [4.69, 9.17) is 4.74 Å². The first kappa shape index (κ1) is 17.7. The highest BCUT2D eigenvalue weighted by molar-refractivity contribution is 7.92. The molecule has 0 aromatic heterocycles. The number of carbonyl (C=O) groups is 1. The molecule has 1 aromatic carbocycles. The number of anilines is 1. The van der Waals surface area contributed by atoms with Crippen molar-refractivity contribution in [1.29, 1.82) is 0 Å². The van der Waals surface area contributed by atoms with Gasteiger partial charge in [-0.2, -0.15) is 8.42 Å². The van der Waals surface area contributed by atoms with Crippen molar-refractivity contribution in [2.75, 3.05) is 23.9 Å². The molecule has 2 aliphatic rings. The van der Waals surface area contributed by atoms with Crippen LogP contribution < -0.4 is 19.1 Å². The third-order valence-electron chi connectivity index (χ3n) is 4.00. The number of carbonyl (C=O) groups excluding carboxylic acids is 1. The second kappa shape index (κ2) is 6.34. The molecule has 10 heteroatoms. The molecule has 3 rings (SSSR count). The van der Waals surface area contributed by atoms with Crippen molar-refractivity contribution in [3.05, 3.63) is 17.4 Å². The van der Waals surface area contributed by atoms with E-state index in [1.165, 1.54) is 6.07 Å². The number of nitrogens with zero attached hydrogens (tertiary/aromatic N) is 1. The smallest absolute Gasteiger partial charge is 0.326 e. The fourth-order valence-electron chi connectivity index (χ4n) is 2.92. The van der Waals surface area contributed by atoms with Crippen LogP contribution in [0.4, 0.5) is 10.1 Å². The average Bonchev–Trinajstić information content (AvgIpc) is 2.99. The fourth-order valence-corrected chi connectivity index (χ4v) is 4.08. The lowest BCUT2D eigenvalue weighted by Crippen LogP contribution is -2.32. The van der Waals surface area contributed by atoms with Gasteiger partial charge in [-0.25, -0.2) is 13.4 Å². The Bertz CT molecular complexity index is 812. The maximum atomic E-state index is 14.9. The van der Waals surface area contributed by atoms with E-state index in [0.29, 0.717) is 16.8 Å². The van der Waals surface area contributed by atoms with Crippen LogP contribution in [0.15, 0.2) is 6.07 Å². The predicted octanol–water partition coefficient (Wildman–Crippen LogP) is 0.261. The molecule has 0 spiro atoms. The number of hydrogen-bond donors (Lipinski definition) is 3. The third kappa shape index (κ3) is 3.36. The minimum atomic E-state index is -4.21. The molecule has 8 nitrogen and oxygen atoms in total. The van der Waals surface area contributed by atoms with E-state index in [1.54, 1.807) is 4.72 Å². The molecule has 1 amide bonds. The van der Waals surface area contributed by atoms with Gasteiger partial charge in [0.2, 0.25) is 0 Å². The van der Waals surface area contributed by atoms with E-state index >= 15 is 0 Å². The summed E-state index contributed by atoms with van der Waals surface area (Å²) in [4.78, 5) is 11.4. The Balaban J connectivity index is 1.86. The highest BCUT2D eigenvalue weighted by Crippen LogP contribution is 2.43. The molecular formula is C15H20FN3O5S. The summed E-state index contributed by atoms with van der Waals surface area (Å²) < 4.78 is 46.6. The fraction of sp³-hybridized carbons (Fsp3) is 0.533. The van der Waals surface area contributed by atoms with Gasteiger partial charge in [-0.05, 0) is 12.5 Å². The number of aromatic hydroxyl groups is 1. The lowest BCUT2D eigenvalue weighted by molar-refractivity contribution is -0.117. The van der Waals surface area contributed by atoms with Crippen LogP contribution in [-0.4, -0.2) is 45.2 Å². The number of amides is 1. The van der Waals surface area contributed by atoms with Gasteiger partial charge in [0.1, 0.15) is 29.8 Å². The summed E-state index contributed by atoms with van der Waals surface area (Å²) in [5.41, 5.74) is -0.338. The van der Waals surface area contributed by atoms with Crippen molar-refractivity contribution in [2.45, 2.75) is 26.4 Å². The summed E-state index contributed by atoms with van der Waals surface area (Å²) in [6.45, 7) is 4.84. The quantitative estimate of drug-likeness (QED) is 0.683. The van der Waals surface area contributed by atoms with Crippen LogP contribution in [0.3, 0.4) is 0 Å². The molecular weight excluding hydrogens is 353 g/mol. The Morgan fingerprint density at radius 1 is 1.52 bits per heavy atom. The predicted molar refractivity (Wildman–Crippen MR) is 88.3 cm³/mol. The largest absolute Gasteiger partial charge is 0.505 e. The van der Waals surface area contributed by atoms with E-state index < -0.39 is 39.9 Å². The molecule has 138 valence electrons. The van der Waals surface area contributed by atoms with Gasteiger partial charge in [0.05, 0.1) is 0 Å². The topological polar surface area (TPSA) is 108 Å². The molecule has 0 radical (unpaired) electrons. The lowest BCUT2D eigenvalue weighted by atomic mass is 10.1. The van der Waals surface area contributed by atoms with Crippen LogP contribution >= 0.6 is 0 Å². The number of fused-ring (bicyclic) bond motifs is 1. The highest BCUT2D eigenvalue weighted by atomic mass is 32.2. The van der Waals surface area contributed by atoms with Crippen LogP contribution in [-0.2, 0) is 21.4 Å². The van der Waals surface area contributed by atoms with E-state index in [-0.39, 0.29) is 23.8 Å². The normalized spacial score (nSPS) is 21.4. The van der Waals surface area contributed by atoms with Crippen LogP contribution in [0.1, 0.15) is 19.4 Å². The van der Waals surface area contributed by atoms with Gasteiger partial charge in [0, 0.05) is 24.6 Å². The summed E-state index contributed by atoms with van der Waals surface area (Å²) in [5, 5.41) is 13.3. The third-order valence-corrected chi connectivity index (χ3v) is 5.38. The Hall–Kier alpha value is -2.07. The number of phenols is 1. The van der Waals surface area contributed by atoms with E-state index in [1.807, 2.05) is 0 Å². The van der Waals surface area contributed by atoms with Crippen molar-refractivity contribution < 1.29 is 27.4 Å². The zero-order chi connectivity index (χ0) is 18.4. The molecule has 0 unspecified atom stereocenters. The number of hydrogen-bond acceptors (Lipinski definition) is 6. The second-order valence-electron chi connectivity index (χ2n) is 6.57. The number of rotatable bonds is 5. The number of nitrogens with one attached hydrogen (secondary N) is 2. The van der Waals surface area contributed by atoms with Crippen molar-refractivity contribution in [3.8, 4) is 11.5 Å². The van der Waals surface area contributed by atoms with Crippen molar-refractivity contribution in [3.63, 3.8) is 0 Å². The maximum absolute atomic E-state index is 14.9. The van der Waals surface area contributed by atoms with Gasteiger partial charge >= 0.3 is 10.2 Å². The molecule has 0 bridgehead atoms. The summed E-state index contributed by atoms with van der Waals surface area (Å²) in [5.74, 6) is -1.62. The number of ether oxygens (including phenoxy) is 1. The van der Waals surface area contributed by atoms with Crippen LogP contribution in [0, 0.1) is 11.7 Å². The number of benzene rings is 1. The van der Waals surface area contributed by atoms with Crippen LogP contribution in [0.2, 0.25) is 0 Å². The van der Waals surface area contributed by atoms with Gasteiger partial charge < -0.3 is 15.2 Å². The molecule has 2 heterocycles. The molecule has 0 aliphatic carbocycles. The van der Waals surface area contributed by atoms with Gasteiger partial charge in [0.15, 0.2) is 5.82 Å². The SMILES string of the molecule is CC(C)CNC[C@@H]1Cc2c(cc(O)c(N3CC(=O)NS3(=O)=O)c2F)O1. The first-order valence-corrected chi connectivity index (χ1v) is 9.38. The van der Waals surface area contributed by atoms with Crippen molar-refractivity contribution in [2.24, 2.45) is 5.92 Å². The van der Waals surface area contributed by atoms with Gasteiger partial charge in [0.25, 0.3) is 5.91 Å². The minimum absolute atomic E-state index is 0.186. The Morgan fingerprint density at radius 2 is 2.24 bits per heavy atom. The van der Waals surface area contributed by atoms with E-state index in [9.17, 15) is 22.7 Å². The molecule has 3 N–H and O–H groups in total. The number of halogens is 1. The van der Waals surface area contributed by atoms with Crippen LogP contribution in [0.25, 0.3) is 0 Å². The summed E-state index contributed by atoms with van der Waals surface area (Å²) in [6.07, 6.45) is -0.0673. The molecule has 1 aromatic rings. The second-order valence-corrected chi connectivity index (χ2v) is 8.16. The standard InChI is InChI=1S/C15H20FN3O5S/c1-8(2)5-17-6-9-3-10-12(24-9)4-11(20)15(14(10)16)19-7-13(21)18-25(19,22)23/h4,8-9,17,20H,3,5-7H2,1-2H3,(H,18,21)/t9-/m0/s1. The van der Waals surface area contributed by atoms with Gasteiger partial charge in [-0.1, -0.05) is 13.8 Å². The Morgan fingerprint density at radius 3 is 2.84 bits per heavy atom. The Labute approximate surface area is 145 Å². The molecule has 1 fully saturated rings. The van der Waals surface area contributed by atoms with Gasteiger partial charge in [-0.15, -0.1) is 0 Å². The van der Waals surface area contributed by atoms with Crippen molar-refractivity contribution in [1.82, 2.24) is 10.0 Å². The summed E-state index contributed by atoms with van der Waals surface area (Å²) >= 11 is 0. The van der Waals surface area contributed by atoms with Crippen LogP contribution in [0.5, 0.6) is 11.5 Å².